The van der Waals surface area contributed by atoms with Gasteiger partial charge in [-0.15, -0.1) is 0 Å². The van der Waals surface area contributed by atoms with Crippen molar-refractivity contribution < 1.29 is 87.1 Å². The second kappa shape index (κ2) is 45.9. The highest BCUT2D eigenvalue weighted by molar-refractivity contribution is 6.37. The van der Waals surface area contributed by atoms with Crippen LogP contribution in [-0.2, 0) is 44.5 Å². The van der Waals surface area contributed by atoms with Crippen LogP contribution >= 0.6 is 116 Å². The molecule has 15 aromatic rings. The third-order valence-electron chi connectivity index (χ3n) is 18.5. The molecule has 0 fully saturated rings. The van der Waals surface area contributed by atoms with E-state index in [0.29, 0.717) is 113 Å². The second-order valence-electron chi connectivity index (χ2n) is 27.2. The van der Waals surface area contributed by atoms with Crippen molar-refractivity contribution in [3.63, 3.8) is 0 Å². The van der Waals surface area contributed by atoms with E-state index in [2.05, 4.69) is 50.7 Å². The molecule has 23 nitrogen and oxygen atoms in total. The van der Waals surface area contributed by atoms with Crippen molar-refractivity contribution in [1.29, 1.82) is 0 Å². The Morgan fingerprint density at radius 3 is 0.938 bits per heavy atom. The van der Waals surface area contributed by atoms with Crippen molar-refractivity contribution in [1.82, 2.24) is 50.7 Å². The zero-order valence-corrected chi connectivity index (χ0v) is 74.7. The summed E-state index contributed by atoms with van der Waals surface area (Å²) in [5, 5.41) is 21.9. The number of benzene rings is 5. The lowest BCUT2D eigenvalue weighted by molar-refractivity contribution is -0.138. The highest BCUT2D eigenvalue weighted by atomic mass is 35.5. The molecule has 0 spiro atoms. The van der Waals surface area contributed by atoms with E-state index in [1.54, 1.807) is 39.5 Å². The topological polar surface area (TPSA) is 308 Å². The number of hydrogen-bond donors (Lipinski definition) is 0. The van der Waals surface area contributed by atoms with E-state index in [9.17, 15) is 50.3 Å². The summed E-state index contributed by atoms with van der Waals surface area (Å²) in [5.41, 5.74) is 5.23. The van der Waals surface area contributed by atoms with Crippen molar-refractivity contribution >= 4 is 145 Å². The van der Waals surface area contributed by atoms with E-state index in [4.69, 9.17) is 153 Å². The van der Waals surface area contributed by atoms with E-state index < -0.39 is 23.5 Å². The van der Waals surface area contributed by atoms with Gasteiger partial charge in [0, 0.05) is 153 Å². The standard InChI is InChI=1S/2C18H11Cl2F3N2O2.3C18H14Cl2N2O3/c19-12-7-14(17(20)24-9-12)16(26)6-5-13-8-15(25-27-13)10-1-3-11(4-2-10)18(21,22)23;19-10-7-13(17(20)24-9-10)16(26)6-5-11-8-15(25-27-11)12-3-1-2-4-14(12)18(21,22)23;1-24-13-4-2-11(3-5-13)16-9-14(25-22-16)6-7-17(23)15-8-12(19)10-21-18(15)20;1-24-13-4-2-3-11(7-13)16-9-14(25-22-16)5-6-17(23)15-8-12(19)10-21-18(15)20;1-24-17-5-3-2-4-13(17)15-9-12(25-22-15)6-7-16(23)14-8-11(19)10-21-18(14)20/h2*1-4,7-9H,5-6H2;2-5,8-10H,6-7H2,1H3;2-4,7-10H,5-6H2,1H3;2-5,8-10H,6-7H2,1H3. The van der Waals surface area contributed by atoms with E-state index in [0.717, 1.165) is 46.4 Å². The van der Waals surface area contributed by atoms with Crippen LogP contribution in [0.3, 0.4) is 0 Å². The molecule has 0 aliphatic rings. The van der Waals surface area contributed by atoms with Gasteiger partial charge < -0.3 is 36.8 Å². The number of pyridine rings is 5. The molecule has 10 aromatic heterocycles. The molecular formula is C90H64Cl10F6N10O13. The summed E-state index contributed by atoms with van der Waals surface area (Å²) < 4.78 is 119. The smallest absolute Gasteiger partial charge is 0.417 e. The van der Waals surface area contributed by atoms with Gasteiger partial charge in [-0.1, -0.05) is 196 Å². The molecule has 0 radical (unpaired) electrons. The van der Waals surface area contributed by atoms with Gasteiger partial charge in [0.05, 0.1) is 85.4 Å². The first-order chi connectivity index (χ1) is 61.7. The normalized spacial score (nSPS) is 11.1. The number of halogens is 16. The molecule has 0 saturated carbocycles. The van der Waals surface area contributed by atoms with Crippen LogP contribution in [0.4, 0.5) is 26.3 Å². The highest BCUT2D eigenvalue weighted by Crippen LogP contribution is 2.39. The molecule has 0 amide bonds. The van der Waals surface area contributed by atoms with Gasteiger partial charge in [-0.25, -0.2) is 24.9 Å². The Bertz CT molecular complexity index is 6450. The van der Waals surface area contributed by atoms with Gasteiger partial charge in [0.1, 0.15) is 100 Å². The van der Waals surface area contributed by atoms with Crippen molar-refractivity contribution in [3.05, 3.63) is 332 Å². The Morgan fingerprint density at radius 2 is 0.605 bits per heavy atom. The summed E-state index contributed by atoms with van der Waals surface area (Å²) >= 11 is 58.8. The monoisotopic (exact) mass is 1960 g/mol. The summed E-state index contributed by atoms with van der Waals surface area (Å²) in [7, 11) is 4.82. The number of ketones is 5. The van der Waals surface area contributed by atoms with Crippen LogP contribution in [0.25, 0.3) is 56.3 Å². The van der Waals surface area contributed by atoms with Gasteiger partial charge in [0.2, 0.25) is 0 Å². The average Bonchev–Trinajstić information content (AvgIpc) is 1.75. The zero-order chi connectivity index (χ0) is 92.6. The summed E-state index contributed by atoms with van der Waals surface area (Å²) in [5.74, 6) is 3.69. The predicted octanol–water partition coefficient (Wildman–Crippen LogP) is 26.4. The summed E-state index contributed by atoms with van der Waals surface area (Å²) in [6.07, 6.45) is 0.287. The molecule has 15 rings (SSSR count). The summed E-state index contributed by atoms with van der Waals surface area (Å²) in [4.78, 5) is 80.6. The first kappa shape index (κ1) is 97.7. The van der Waals surface area contributed by atoms with Gasteiger partial charge in [0.25, 0.3) is 0 Å². The van der Waals surface area contributed by atoms with Gasteiger partial charge in [-0.05, 0) is 97.1 Å². The fourth-order valence-electron chi connectivity index (χ4n) is 11.9. The number of carbonyl (C=O) groups is 5. The molecular weight excluding hydrogens is 1900 g/mol. The summed E-state index contributed by atoms with van der Waals surface area (Å²) in [6, 6.07) is 47.9. The molecule has 10 heterocycles. The minimum atomic E-state index is -4.51. The van der Waals surface area contributed by atoms with Gasteiger partial charge in [-0.2, -0.15) is 26.3 Å². The quantitative estimate of drug-likeness (QED) is 0.0250. The van der Waals surface area contributed by atoms with Crippen LogP contribution in [0.1, 0.15) is 124 Å². The maximum Gasteiger partial charge on any atom is 0.417 e. The number of aromatic nitrogens is 10. The van der Waals surface area contributed by atoms with E-state index in [-0.39, 0.29) is 133 Å². The molecule has 39 heteroatoms. The number of ether oxygens (including phenoxy) is 3. The molecule has 664 valence electrons. The van der Waals surface area contributed by atoms with Crippen molar-refractivity contribution in [2.75, 3.05) is 21.3 Å². The van der Waals surface area contributed by atoms with Gasteiger partial charge in [0.15, 0.2) is 28.9 Å². The average molecular weight is 1960 g/mol. The number of Topliss-reactive ketones (excluding diaryl/α,β-unsaturated/α-hetero) is 5. The molecule has 0 saturated heterocycles. The minimum Gasteiger partial charge on any atom is -0.497 e. The second-order valence-corrected chi connectivity index (χ2v) is 31.2. The van der Waals surface area contributed by atoms with Crippen LogP contribution in [0.15, 0.2) is 236 Å². The maximum absolute atomic E-state index is 13.1. The molecule has 129 heavy (non-hydrogen) atoms. The number of rotatable bonds is 28. The Hall–Kier alpha value is -11.9. The number of aryl methyl sites for hydroxylation is 5. The fourth-order valence-corrected chi connectivity index (χ4v) is 13.8. The van der Waals surface area contributed by atoms with Gasteiger partial charge >= 0.3 is 12.4 Å². The largest absolute Gasteiger partial charge is 0.497 e. The van der Waals surface area contributed by atoms with E-state index >= 15 is 0 Å². The molecule has 0 bridgehead atoms. The van der Waals surface area contributed by atoms with Crippen LogP contribution in [0, 0.1) is 0 Å². The SMILES string of the molecule is COc1ccc(-c2cc(CCC(=O)c3cc(Cl)cnc3Cl)on2)cc1.COc1cccc(-c2cc(CCC(=O)c3cc(Cl)cnc3Cl)on2)c1.COc1ccccc1-c1cc(CCC(=O)c2cc(Cl)cnc2Cl)on1.O=C(CCc1cc(-c2ccc(C(F)(F)F)cc2)no1)c1cc(Cl)cnc1Cl.O=C(CCc1cc(-c2ccccc2C(F)(F)F)no1)c1cc(Cl)cnc1Cl. The predicted molar refractivity (Wildman–Crippen MR) is 474 cm³/mol. The lowest BCUT2D eigenvalue weighted by Crippen LogP contribution is -2.06. The highest BCUT2D eigenvalue weighted by Gasteiger charge is 2.35. The number of methoxy groups -OCH3 is 3. The van der Waals surface area contributed by atoms with Crippen LogP contribution in [-0.4, -0.2) is 101 Å². The van der Waals surface area contributed by atoms with Crippen LogP contribution < -0.4 is 14.2 Å². The van der Waals surface area contributed by atoms with Crippen molar-refractivity contribution in [2.24, 2.45) is 0 Å². The molecule has 5 aromatic carbocycles. The van der Waals surface area contributed by atoms with Crippen LogP contribution in [0.5, 0.6) is 17.2 Å². The molecule has 0 atom stereocenters. The number of alkyl halides is 6. The van der Waals surface area contributed by atoms with E-state index in [1.165, 1.54) is 97.7 Å². The number of nitrogens with zero attached hydrogens (tertiary/aromatic N) is 10. The number of para-hydroxylation sites is 1. The Morgan fingerprint density at radius 1 is 0.302 bits per heavy atom. The summed E-state index contributed by atoms with van der Waals surface area (Å²) in [6.45, 7) is 0. The Labute approximate surface area is 780 Å². The first-order valence-electron chi connectivity index (χ1n) is 38.0. The number of carbonyl (C=O) groups excluding carboxylic acids is 5. The third kappa shape index (κ3) is 27.8. The molecule has 0 aliphatic heterocycles. The molecule has 0 unspecified atom stereocenters. The zero-order valence-electron chi connectivity index (χ0n) is 67.1. The molecule has 0 N–H and O–H groups in total. The molecule has 0 aliphatic carbocycles. The van der Waals surface area contributed by atoms with Crippen molar-refractivity contribution in [3.8, 4) is 73.5 Å². The first-order valence-corrected chi connectivity index (χ1v) is 41.7. The number of hydrogen-bond acceptors (Lipinski definition) is 23. The minimum absolute atomic E-state index is 0.0112. The maximum atomic E-state index is 13.1. The van der Waals surface area contributed by atoms with Crippen molar-refractivity contribution in [2.45, 2.75) is 76.6 Å². The lowest BCUT2D eigenvalue weighted by atomic mass is 10.0. The fraction of sp³-hybridized carbons (Fsp3) is 0.167. The Kier molecular flexibility index (Phi) is 34.8. The third-order valence-corrected chi connectivity index (χ3v) is 21.0. The Balaban J connectivity index is 0.000000156. The van der Waals surface area contributed by atoms with E-state index in [1.807, 2.05) is 78.9 Å². The van der Waals surface area contributed by atoms with Gasteiger partial charge in [-0.3, -0.25) is 24.0 Å². The van der Waals surface area contributed by atoms with Crippen LogP contribution in [0.2, 0.25) is 50.9 Å². The lowest BCUT2D eigenvalue weighted by Gasteiger charge is -2.10.